The summed E-state index contributed by atoms with van der Waals surface area (Å²) in [7, 11) is 0. The number of carbonyl (C=O) groups is 2. The molecule has 1 unspecified atom stereocenters. The van der Waals surface area contributed by atoms with Gasteiger partial charge in [0.15, 0.2) is 0 Å². The van der Waals surface area contributed by atoms with E-state index in [0.717, 1.165) is 0 Å². The number of aliphatic carboxylic acids is 1. The van der Waals surface area contributed by atoms with Gasteiger partial charge in [-0.05, 0) is 25.2 Å². The lowest BCUT2D eigenvalue weighted by molar-refractivity contribution is -0.138. The Balaban J connectivity index is 4.91. The number of hydrogen-bond donors (Lipinski definition) is 2. The first-order valence-electron chi connectivity index (χ1n) is 7.24. The van der Waals surface area contributed by atoms with Gasteiger partial charge in [0.05, 0.1) is 6.42 Å². The number of carbonyl (C=O) groups excluding carboxylic acids is 1. The third kappa shape index (κ3) is 6.78. The standard InChI is InChI=1S/C15H30N2O3/c1-10(2)9-17(11(3)4)14(20)16-12(8-13(18)19)15(5,6)7/h10-12H,8-9H2,1-7H3,(H,16,20)(H,18,19). The summed E-state index contributed by atoms with van der Waals surface area (Å²) in [5.41, 5.74) is -0.297. The van der Waals surface area contributed by atoms with Gasteiger partial charge in [0.2, 0.25) is 0 Å². The second-order valence-electron chi connectivity index (χ2n) is 7.11. The molecule has 0 fully saturated rings. The summed E-state index contributed by atoms with van der Waals surface area (Å²) in [6.45, 7) is 14.5. The van der Waals surface area contributed by atoms with Crippen LogP contribution in [-0.2, 0) is 4.79 Å². The van der Waals surface area contributed by atoms with Crippen LogP contribution in [0, 0.1) is 11.3 Å². The Morgan fingerprint density at radius 2 is 1.65 bits per heavy atom. The quantitative estimate of drug-likeness (QED) is 0.788. The molecule has 0 radical (unpaired) electrons. The molecule has 20 heavy (non-hydrogen) atoms. The van der Waals surface area contributed by atoms with Crippen LogP contribution in [-0.4, -0.2) is 40.6 Å². The topological polar surface area (TPSA) is 69.6 Å². The van der Waals surface area contributed by atoms with E-state index in [9.17, 15) is 9.59 Å². The van der Waals surface area contributed by atoms with Gasteiger partial charge in [-0.1, -0.05) is 34.6 Å². The molecule has 118 valence electrons. The monoisotopic (exact) mass is 286 g/mol. The first kappa shape index (κ1) is 18.7. The first-order valence-corrected chi connectivity index (χ1v) is 7.24. The van der Waals surface area contributed by atoms with Gasteiger partial charge in [0.25, 0.3) is 0 Å². The molecule has 2 N–H and O–H groups in total. The minimum atomic E-state index is -0.898. The van der Waals surface area contributed by atoms with E-state index in [-0.39, 0.29) is 30.0 Å². The van der Waals surface area contributed by atoms with Gasteiger partial charge >= 0.3 is 12.0 Å². The fourth-order valence-corrected chi connectivity index (χ4v) is 1.90. The van der Waals surface area contributed by atoms with Crippen LogP contribution in [0.5, 0.6) is 0 Å². The number of rotatable bonds is 6. The average molecular weight is 286 g/mol. The number of hydrogen-bond acceptors (Lipinski definition) is 2. The highest BCUT2D eigenvalue weighted by molar-refractivity contribution is 5.76. The summed E-state index contributed by atoms with van der Waals surface area (Å²) < 4.78 is 0. The molecule has 0 aromatic rings. The summed E-state index contributed by atoms with van der Waals surface area (Å²) in [5.74, 6) is -0.527. The normalized spacial score (nSPS) is 13.4. The number of amides is 2. The fourth-order valence-electron chi connectivity index (χ4n) is 1.90. The molecule has 5 nitrogen and oxygen atoms in total. The second-order valence-corrected chi connectivity index (χ2v) is 7.11. The van der Waals surface area contributed by atoms with Gasteiger partial charge in [0.1, 0.15) is 0 Å². The van der Waals surface area contributed by atoms with Crippen molar-refractivity contribution < 1.29 is 14.7 Å². The molecule has 0 saturated heterocycles. The van der Waals surface area contributed by atoms with E-state index in [1.54, 1.807) is 4.90 Å². The highest BCUT2D eigenvalue weighted by atomic mass is 16.4. The van der Waals surface area contributed by atoms with Crippen molar-refractivity contribution in [3.8, 4) is 0 Å². The minimum absolute atomic E-state index is 0.0666. The van der Waals surface area contributed by atoms with E-state index in [2.05, 4.69) is 19.2 Å². The molecule has 0 aliphatic rings. The Morgan fingerprint density at radius 1 is 1.15 bits per heavy atom. The lowest BCUT2D eigenvalue weighted by atomic mass is 9.85. The lowest BCUT2D eigenvalue weighted by Gasteiger charge is -2.35. The second kappa shape index (κ2) is 7.50. The molecule has 1 atom stereocenters. The number of carboxylic acids is 1. The SMILES string of the molecule is CC(C)CN(C(=O)NC(CC(=O)O)C(C)(C)C)C(C)C. The van der Waals surface area contributed by atoms with Crippen molar-refractivity contribution in [3.63, 3.8) is 0 Å². The van der Waals surface area contributed by atoms with Crippen LogP contribution in [0.3, 0.4) is 0 Å². The predicted molar refractivity (Wildman–Crippen MR) is 80.7 cm³/mol. The Labute approximate surface area is 122 Å². The first-order chi connectivity index (χ1) is 8.95. The highest BCUT2D eigenvalue weighted by Crippen LogP contribution is 2.22. The Kier molecular flexibility index (Phi) is 7.03. The van der Waals surface area contributed by atoms with E-state index < -0.39 is 5.97 Å². The van der Waals surface area contributed by atoms with Crippen LogP contribution in [0.15, 0.2) is 0 Å². The fraction of sp³-hybridized carbons (Fsp3) is 0.867. The third-order valence-corrected chi connectivity index (χ3v) is 3.17. The lowest BCUT2D eigenvalue weighted by Crippen LogP contribution is -2.52. The Bertz CT molecular complexity index is 333. The van der Waals surface area contributed by atoms with Crippen LogP contribution in [0.25, 0.3) is 0 Å². The van der Waals surface area contributed by atoms with E-state index in [1.807, 2.05) is 34.6 Å². The molecule has 0 rings (SSSR count). The zero-order chi connectivity index (χ0) is 16.1. The van der Waals surface area contributed by atoms with E-state index in [0.29, 0.717) is 12.5 Å². The van der Waals surface area contributed by atoms with Crippen LogP contribution < -0.4 is 5.32 Å². The van der Waals surface area contributed by atoms with Gasteiger partial charge in [-0.25, -0.2) is 4.79 Å². The van der Waals surface area contributed by atoms with Crippen LogP contribution in [0.2, 0.25) is 0 Å². The molecule has 0 saturated carbocycles. The van der Waals surface area contributed by atoms with Gasteiger partial charge in [-0.3, -0.25) is 4.79 Å². The number of urea groups is 1. The van der Waals surface area contributed by atoms with E-state index in [4.69, 9.17) is 5.11 Å². The van der Waals surface area contributed by atoms with Gasteiger partial charge in [-0.2, -0.15) is 0 Å². The smallest absolute Gasteiger partial charge is 0.317 e. The molecular formula is C15H30N2O3. The van der Waals surface area contributed by atoms with Crippen LogP contribution in [0.4, 0.5) is 4.79 Å². The number of carboxylic acid groups (broad SMARTS) is 1. The van der Waals surface area contributed by atoms with Gasteiger partial charge in [-0.15, -0.1) is 0 Å². The van der Waals surface area contributed by atoms with Crippen molar-refractivity contribution in [2.24, 2.45) is 11.3 Å². The molecule has 0 bridgehead atoms. The minimum Gasteiger partial charge on any atom is -0.481 e. The molecule has 5 heteroatoms. The third-order valence-electron chi connectivity index (χ3n) is 3.17. The van der Waals surface area contributed by atoms with Crippen LogP contribution >= 0.6 is 0 Å². The number of nitrogens with one attached hydrogen (secondary N) is 1. The van der Waals surface area contributed by atoms with E-state index >= 15 is 0 Å². The van der Waals surface area contributed by atoms with Crippen molar-refractivity contribution in [1.29, 1.82) is 0 Å². The average Bonchev–Trinajstić information content (AvgIpc) is 2.22. The molecule has 2 amide bonds. The molecule has 0 aliphatic heterocycles. The molecule has 0 heterocycles. The summed E-state index contributed by atoms with van der Waals surface area (Å²) in [6.07, 6.45) is -0.0666. The largest absolute Gasteiger partial charge is 0.481 e. The van der Waals surface area contributed by atoms with Gasteiger partial charge in [0, 0.05) is 18.6 Å². The summed E-state index contributed by atoms with van der Waals surface area (Å²) in [4.78, 5) is 25.1. The summed E-state index contributed by atoms with van der Waals surface area (Å²) in [6, 6.07) is -0.487. The maximum absolute atomic E-state index is 12.4. The maximum Gasteiger partial charge on any atom is 0.317 e. The van der Waals surface area contributed by atoms with Crippen molar-refractivity contribution in [1.82, 2.24) is 10.2 Å². The highest BCUT2D eigenvalue weighted by Gasteiger charge is 2.30. The zero-order valence-corrected chi connectivity index (χ0v) is 13.9. The molecular weight excluding hydrogens is 256 g/mol. The Morgan fingerprint density at radius 3 is 1.95 bits per heavy atom. The number of nitrogens with zero attached hydrogens (tertiary/aromatic N) is 1. The van der Waals surface area contributed by atoms with Crippen molar-refractivity contribution in [2.75, 3.05) is 6.54 Å². The van der Waals surface area contributed by atoms with Crippen molar-refractivity contribution >= 4 is 12.0 Å². The van der Waals surface area contributed by atoms with Gasteiger partial charge < -0.3 is 15.3 Å². The van der Waals surface area contributed by atoms with Crippen LogP contribution in [0.1, 0.15) is 54.9 Å². The molecule has 0 aromatic heterocycles. The summed E-state index contributed by atoms with van der Waals surface area (Å²) in [5, 5.41) is 11.9. The molecule has 0 aliphatic carbocycles. The zero-order valence-electron chi connectivity index (χ0n) is 13.9. The molecule has 0 spiro atoms. The summed E-state index contributed by atoms with van der Waals surface area (Å²) >= 11 is 0. The predicted octanol–water partition coefficient (Wildman–Crippen LogP) is 2.95. The van der Waals surface area contributed by atoms with Crippen molar-refractivity contribution in [3.05, 3.63) is 0 Å². The van der Waals surface area contributed by atoms with Crippen molar-refractivity contribution in [2.45, 2.75) is 67.0 Å². The Hall–Kier alpha value is -1.26. The maximum atomic E-state index is 12.4. The van der Waals surface area contributed by atoms with E-state index in [1.165, 1.54) is 0 Å². The molecule has 0 aromatic carbocycles.